The van der Waals surface area contributed by atoms with Crippen LogP contribution in [0.2, 0.25) is 15.1 Å². The van der Waals surface area contributed by atoms with Gasteiger partial charge in [0.05, 0.1) is 16.0 Å². The number of fused-ring (bicyclic) bond motifs is 2. The van der Waals surface area contributed by atoms with Gasteiger partial charge in [0.25, 0.3) is 11.9 Å². The molecule has 5 rings (SSSR count). The first-order valence-corrected chi connectivity index (χ1v) is 12.0. The molecule has 1 fully saturated rings. The van der Waals surface area contributed by atoms with Crippen molar-refractivity contribution in [2.24, 2.45) is 0 Å². The molecule has 0 aromatic heterocycles. The predicted octanol–water partition coefficient (Wildman–Crippen LogP) is 5.79. The van der Waals surface area contributed by atoms with Gasteiger partial charge < -0.3 is 10.1 Å². The quantitative estimate of drug-likeness (QED) is 0.320. The molecular formula is C25H20Cl3N3O4. The van der Waals surface area contributed by atoms with Gasteiger partial charge in [-0.15, -0.1) is 0 Å². The fraction of sp³-hybridized carbons (Fsp3) is 0.240. The van der Waals surface area contributed by atoms with Crippen LogP contribution in [-0.2, 0) is 16.9 Å². The zero-order valence-electron chi connectivity index (χ0n) is 18.4. The standard InChI is InChI=1S/C25H20Cl3N3O4/c1-13-21(23(31(33)34)25(30-13)17-4-2-3-5-20(17)29-24(25)32)15-10-18(27)22(19(28)11-15)35-12-14-6-8-16(26)9-7-14/h2-11,13,21,23,30H,12H2,1H3,(H,29,32)/t13-,21+,23+,25-/m0/s1. The average molecular weight is 533 g/mol. The molecule has 0 unspecified atom stereocenters. The number of hydrogen-bond acceptors (Lipinski definition) is 5. The van der Waals surface area contributed by atoms with Gasteiger partial charge in [-0.05, 0) is 48.4 Å². The van der Waals surface area contributed by atoms with Crippen LogP contribution in [0.15, 0.2) is 60.7 Å². The number of nitrogens with zero attached hydrogens (tertiary/aromatic N) is 1. The van der Waals surface area contributed by atoms with Crippen molar-refractivity contribution < 1.29 is 14.5 Å². The molecule has 10 heteroatoms. The molecule has 0 radical (unpaired) electrons. The second-order valence-corrected chi connectivity index (χ2v) is 9.98. The minimum absolute atomic E-state index is 0.217. The van der Waals surface area contributed by atoms with E-state index >= 15 is 0 Å². The summed E-state index contributed by atoms with van der Waals surface area (Å²) in [4.78, 5) is 25.2. The molecule has 0 saturated carbocycles. The summed E-state index contributed by atoms with van der Waals surface area (Å²) in [7, 11) is 0. The fourth-order valence-corrected chi connectivity index (χ4v) is 5.94. The highest BCUT2D eigenvalue weighted by molar-refractivity contribution is 6.37. The number of ether oxygens (including phenoxy) is 1. The van der Waals surface area contributed by atoms with Crippen LogP contribution in [0.3, 0.4) is 0 Å². The monoisotopic (exact) mass is 531 g/mol. The van der Waals surface area contributed by atoms with E-state index in [2.05, 4.69) is 10.6 Å². The van der Waals surface area contributed by atoms with Gasteiger partial charge in [-0.2, -0.15) is 0 Å². The van der Waals surface area contributed by atoms with E-state index in [0.717, 1.165) is 5.56 Å². The average Bonchev–Trinajstić information content (AvgIpc) is 3.28. The minimum Gasteiger partial charge on any atom is -0.486 e. The molecule has 0 bridgehead atoms. The van der Waals surface area contributed by atoms with E-state index in [9.17, 15) is 14.9 Å². The highest BCUT2D eigenvalue weighted by Crippen LogP contribution is 2.50. The number of anilines is 1. The van der Waals surface area contributed by atoms with Gasteiger partial charge in [0, 0.05) is 27.2 Å². The molecule has 7 nitrogen and oxygen atoms in total. The van der Waals surface area contributed by atoms with Crippen LogP contribution in [0.4, 0.5) is 5.69 Å². The number of nitro groups is 1. The van der Waals surface area contributed by atoms with Gasteiger partial charge in [-0.3, -0.25) is 20.2 Å². The molecule has 1 spiro atoms. The van der Waals surface area contributed by atoms with Crippen molar-refractivity contribution in [1.82, 2.24) is 5.32 Å². The van der Waals surface area contributed by atoms with E-state index in [1.54, 1.807) is 48.5 Å². The second kappa shape index (κ2) is 8.99. The van der Waals surface area contributed by atoms with Crippen molar-refractivity contribution in [3.63, 3.8) is 0 Å². The van der Waals surface area contributed by atoms with Crippen LogP contribution < -0.4 is 15.4 Å². The Hall–Kier alpha value is -2.84. The third-order valence-corrected chi connectivity index (χ3v) is 7.48. The molecule has 3 aromatic carbocycles. The Bertz CT molecular complexity index is 1310. The van der Waals surface area contributed by atoms with Crippen molar-refractivity contribution in [3.05, 3.63) is 103 Å². The topological polar surface area (TPSA) is 93.5 Å². The zero-order valence-corrected chi connectivity index (χ0v) is 20.7. The molecule has 0 aliphatic carbocycles. The van der Waals surface area contributed by atoms with Crippen LogP contribution in [0, 0.1) is 10.1 Å². The summed E-state index contributed by atoms with van der Waals surface area (Å²) in [5, 5.41) is 19.6. The summed E-state index contributed by atoms with van der Waals surface area (Å²) in [5.74, 6) is -0.848. The van der Waals surface area contributed by atoms with Crippen molar-refractivity contribution in [2.75, 3.05) is 5.32 Å². The van der Waals surface area contributed by atoms with Crippen molar-refractivity contribution in [1.29, 1.82) is 0 Å². The molecule has 2 heterocycles. The van der Waals surface area contributed by atoms with E-state index in [1.807, 2.05) is 19.1 Å². The lowest BCUT2D eigenvalue weighted by atomic mass is 9.78. The van der Waals surface area contributed by atoms with Gasteiger partial charge in [-0.25, -0.2) is 0 Å². The number of halogens is 3. The smallest absolute Gasteiger partial charge is 0.256 e. The number of carbonyl (C=O) groups excluding carboxylic acids is 1. The molecule has 180 valence electrons. The van der Waals surface area contributed by atoms with Crippen LogP contribution in [0.5, 0.6) is 5.75 Å². The maximum Gasteiger partial charge on any atom is 0.256 e. The highest BCUT2D eigenvalue weighted by Gasteiger charge is 2.67. The zero-order chi connectivity index (χ0) is 24.9. The molecule has 35 heavy (non-hydrogen) atoms. The predicted molar refractivity (Wildman–Crippen MR) is 135 cm³/mol. The molecular weight excluding hydrogens is 513 g/mol. The van der Waals surface area contributed by atoms with E-state index in [1.165, 1.54) is 0 Å². The Morgan fingerprint density at radius 2 is 1.71 bits per heavy atom. The van der Waals surface area contributed by atoms with E-state index in [-0.39, 0.29) is 22.4 Å². The molecule has 1 amide bonds. The second-order valence-electron chi connectivity index (χ2n) is 8.73. The molecule has 4 atom stereocenters. The number of para-hydroxylation sites is 1. The first kappa shape index (κ1) is 23.9. The number of nitrogens with one attached hydrogen (secondary N) is 2. The largest absolute Gasteiger partial charge is 0.486 e. The Morgan fingerprint density at radius 1 is 1.06 bits per heavy atom. The van der Waals surface area contributed by atoms with E-state index in [0.29, 0.717) is 21.8 Å². The first-order chi connectivity index (χ1) is 16.7. The normalized spacial score (nSPS) is 24.9. The summed E-state index contributed by atoms with van der Waals surface area (Å²) >= 11 is 19.0. The molecule has 2 N–H and O–H groups in total. The van der Waals surface area contributed by atoms with Crippen LogP contribution in [0.1, 0.15) is 29.5 Å². The van der Waals surface area contributed by atoms with Crippen molar-refractivity contribution in [2.45, 2.75) is 37.1 Å². The number of rotatable bonds is 5. The van der Waals surface area contributed by atoms with Crippen LogP contribution in [0.25, 0.3) is 0 Å². The summed E-state index contributed by atoms with van der Waals surface area (Å²) in [6.07, 6.45) is 0. The Morgan fingerprint density at radius 3 is 2.37 bits per heavy atom. The van der Waals surface area contributed by atoms with Gasteiger partial charge in [0.2, 0.25) is 0 Å². The highest BCUT2D eigenvalue weighted by atomic mass is 35.5. The first-order valence-electron chi connectivity index (χ1n) is 10.9. The molecule has 1 saturated heterocycles. The van der Waals surface area contributed by atoms with E-state index in [4.69, 9.17) is 39.5 Å². The number of carbonyl (C=O) groups is 1. The third kappa shape index (κ3) is 3.93. The summed E-state index contributed by atoms with van der Waals surface area (Å²) in [6.45, 7) is 2.03. The third-order valence-electron chi connectivity index (χ3n) is 6.67. The molecule has 2 aliphatic heterocycles. The van der Waals surface area contributed by atoms with Crippen LogP contribution in [-0.4, -0.2) is 22.9 Å². The van der Waals surface area contributed by atoms with Gasteiger partial charge in [-0.1, -0.05) is 65.1 Å². The van der Waals surface area contributed by atoms with Crippen molar-refractivity contribution in [3.8, 4) is 5.75 Å². The maximum atomic E-state index is 13.2. The summed E-state index contributed by atoms with van der Waals surface area (Å²) in [6, 6.07) is 15.7. The molecule has 3 aromatic rings. The Labute approximate surface area is 216 Å². The summed E-state index contributed by atoms with van der Waals surface area (Å²) in [5.41, 5.74) is 1.04. The lowest BCUT2D eigenvalue weighted by molar-refractivity contribution is -0.532. The van der Waals surface area contributed by atoms with Gasteiger partial charge >= 0.3 is 0 Å². The molecule has 2 aliphatic rings. The lowest BCUT2D eigenvalue weighted by Crippen LogP contribution is -2.54. The number of benzene rings is 3. The fourth-order valence-electron chi connectivity index (χ4n) is 5.20. The van der Waals surface area contributed by atoms with Gasteiger partial charge in [0.1, 0.15) is 6.61 Å². The maximum absolute atomic E-state index is 13.2. The Kier molecular flexibility index (Phi) is 6.13. The Balaban J connectivity index is 1.50. The SMILES string of the molecule is C[C@@H]1N[C@]2(C(=O)Nc3ccccc32)[C@H]([N+](=O)[O-])[C@H]1c1cc(Cl)c(OCc2ccc(Cl)cc2)c(Cl)c1. The summed E-state index contributed by atoms with van der Waals surface area (Å²) < 4.78 is 5.85. The van der Waals surface area contributed by atoms with Crippen molar-refractivity contribution >= 4 is 46.4 Å². The van der Waals surface area contributed by atoms with E-state index < -0.39 is 34.4 Å². The minimum atomic E-state index is -1.51. The lowest BCUT2D eigenvalue weighted by Gasteiger charge is -2.25. The van der Waals surface area contributed by atoms with Crippen LogP contribution >= 0.6 is 34.8 Å². The van der Waals surface area contributed by atoms with Gasteiger partial charge in [0.15, 0.2) is 11.3 Å². The number of hydrogen-bond donors (Lipinski definition) is 2. The number of amides is 1.